The van der Waals surface area contributed by atoms with Gasteiger partial charge in [-0.1, -0.05) is 104 Å². The first-order chi connectivity index (χ1) is 14.9. The SMILES string of the molecule is CCCCCCCCCCOC(=O)CCC(F)(F)C(=O)OCCCCCCCCCC. The van der Waals surface area contributed by atoms with Crippen LogP contribution < -0.4 is 0 Å². The van der Waals surface area contributed by atoms with E-state index in [0.29, 0.717) is 6.42 Å². The van der Waals surface area contributed by atoms with Crippen molar-refractivity contribution in [3.05, 3.63) is 0 Å². The highest BCUT2D eigenvalue weighted by Gasteiger charge is 2.40. The molecule has 6 heteroatoms. The van der Waals surface area contributed by atoms with Crippen molar-refractivity contribution in [2.75, 3.05) is 13.2 Å². The molecule has 184 valence electrons. The zero-order chi connectivity index (χ0) is 23.2. The maximum Gasteiger partial charge on any atom is 0.376 e. The quantitative estimate of drug-likeness (QED) is 0.125. The minimum absolute atomic E-state index is 0.00622. The van der Waals surface area contributed by atoms with Crippen molar-refractivity contribution in [3.8, 4) is 0 Å². The fraction of sp³-hybridized carbons (Fsp3) is 0.920. The predicted octanol–water partition coefficient (Wildman–Crippen LogP) is 7.77. The van der Waals surface area contributed by atoms with Crippen LogP contribution in [0.2, 0.25) is 0 Å². The Kier molecular flexibility index (Phi) is 19.9. The molecule has 0 radical (unpaired) electrons. The van der Waals surface area contributed by atoms with E-state index in [4.69, 9.17) is 9.47 Å². The standard InChI is InChI=1S/C25H46F2O4/c1-3-5-7-9-11-13-15-17-21-30-23(28)19-20-25(26,27)24(29)31-22-18-16-14-12-10-8-6-4-2/h3-22H2,1-2H3. The van der Waals surface area contributed by atoms with E-state index < -0.39 is 30.7 Å². The van der Waals surface area contributed by atoms with Gasteiger partial charge in [-0.2, -0.15) is 8.78 Å². The normalized spacial score (nSPS) is 11.5. The zero-order valence-corrected chi connectivity index (χ0v) is 20.0. The highest BCUT2D eigenvalue weighted by Crippen LogP contribution is 2.23. The van der Waals surface area contributed by atoms with Gasteiger partial charge in [0.2, 0.25) is 0 Å². The molecule has 31 heavy (non-hydrogen) atoms. The minimum atomic E-state index is -3.64. The first-order valence-electron chi connectivity index (χ1n) is 12.6. The molecule has 0 unspecified atom stereocenters. The lowest BCUT2D eigenvalue weighted by atomic mass is 10.1. The summed E-state index contributed by atoms with van der Waals surface area (Å²) in [6.45, 7) is 4.62. The van der Waals surface area contributed by atoms with Gasteiger partial charge in [-0.05, 0) is 12.8 Å². The molecule has 0 saturated heterocycles. The molecule has 0 amide bonds. The number of alkyl halides is 2. The van der Waals surface area contributed by atoms with Crippen LogP contribution in [0.3, 0.4) is 0 Å². The molecule has 0 aliphatic carbocycles. The molecule has 0 aromatic heterocycles. The smallest absolute Gasteiger partial charge is 0.376 e. The summed E-state index contributed by atoms with van der Waals surface area (Å²) >= 11 is 0. The van der Waals surface area contributed by atoms with Gasteiger partial charge in [0.1, 0.15) is 0 Å². The third kappa shape index (κ3) is 19.2. The zero-order valence-electron chi connectivity index (χ0n) is 20.0. The molecule has 0 aromatic carbocycles. The van der Waals surface area contributed by atoms with E-state index >= 15 is 0 Å². The average Bonchev–Trinajstić information content (AvgIpc) is 2.75. The van der Waals surface area contributed by atoms with Gasteiger partial charge in [0.25, 0.3) is 0 Å². The number of halogens is 2. The number of ether oxygens (including phenoxy) is 2. The van der Waals surface area contributed by atoms with Crippen LogP contribution in [0.1, 0.15) is 129 Å². The fourth-order valence-electron chi connectivity index (χ4n) is 3.36. The molecule has 4 nitrogen and oxygen atoms in total. The summed E-state index contributed by atoms with van der Waals surface area (Å²) in [4.78, 5) is 23.2. The van der Waals surface area contributed by atoms with E-state index in [1.165, 1.54) is 57.8 Å². The Morgan fingerprint density at radius 2 is 1.00 bits per heavy atom. The maximum absolute atomic E-state index is 13.9. The van der Waals surface area contributed by atoms with E-state index in [2.05, 4.69) is 13.8 Å². The topological polar surface area (TPSA) is 52.6 Å². The predicted molar refractivity (Wildman–Crippen MR) is 121 cm³/mol. The van der Waals surface area contributed by atoms with E-state index in [9.17, 15) is 18.4 Å². The summed E-state index contributed by atoms with van der Waals surface area (Å²) in [6, 6.07) is 0. The second kappa shape index (κ2) is 20.7. The number of carbonyl (C=O) groups is 2. The van der Waals surface area contributed by atoms with Crippen molar-refractivity contribution < 1.29 is 27.8 Å². The highest BCUT2D eigenvalue weighted by atomic mass is 19.3. The van der Waals surface area contributed by atoms with E-state index in [1.807, 2.05) is 0 Å². The van der Waals surface area contributed by atoms with Crippen LogP contribution in [0, 0.1) is 0 Å². The highest BCUT2D eigenvalue weighted by molar-refractivity contribution is 5.78. The summed E-state index contributed by atoms with van der Waals surface area (Å²) in [5, 5.41) is 0. The fourth-order valence-corrected chi connectivity index (χ4v) is 3.36. The molecule has 0 aliphatic heterocycles. The van der Waals surface area contributed by atoms with Gasteiger partial charge in [-0.3, -0.25) is 4.79 Å². The lowest BCUT2D eigenvalue weighted by Gasteiger charge is -2.15. The Balaban J connectivity index is 3.66. The number of carbonyl (C=O) groups excluding carboxylic acids is 2. The van der Waals surface area contributed by atoms with E-state index in [1.54, 1.807) is 0 Å². The van der Waals surface area contributed by atoms with Crippen LogP contribution in [0.5, 0.6) is 0 Å². The molecular formula is C25H46F2O4. The molecule has 0 N–H and O–H groups in total. The molecule has 0 spiro atoms. The second-order valence-electron chi connectivity index (χ2n) is 8.51. The second-order valence-corrected chi connectivity index (χ2v) is 8.51. The number of esters is 2. The lowest BCUT2D eigenvalue weighted by Crippen LogP contribution is -2.32. The summed E-state index contributed by atoms with van der Waals surface area (Å²) in [6.07, 6.45) is 16.2. The Bertz CT molecular complexity index is 441. The van der Waals surface area contributed by atoms with Gasteiger partial charge in [0.05, 0.1) is 19.6 Å². The van der Waals surface area contributed by atoms with Crippen LogP contribution in [-0.4, -0.2) is 31.1 Å². The summed E-state index contributed by atoms with van der Waals surface area (Å²) in [5.41, 5.74) is 0. The van der Waals surface area contributed by atoms with Crippen molar-refractivity contribution in [1.82, 2.24) is 0 Å². The van der Waals surface area contributed by atoms with E-state index in [-0.39, 0.29) is 13.2 Å². The maximum atomic E-state index is 13.9. The molecule has 0 aromatic rings. The van der Waals surface area contributed by atoms with Crippen LogP contribution in [0.25, 0.3) is 0 Å². The van der Waals surface area contributed by atoms with E-state index in [0.717, 1.165) is 38.5 Å². The Morgan fingerprint density at radius 1 is 0.613 bits per heavy atom. The van der Waals surface area contributed by atoms with Gasteiger partial charge >= 0.3 is 17.9 Å². The summed E-state index contributed by atoms with van der Waals surface area (Å²) in [7, 11) is 0. The van der Waals surface area contributed by atoms with Gasteiger partial charge in [0.15, 0.2) is 0 Å². The molecular weight excluding hydrogens is 402 g/mol. The monoisotopic (exact) mass is 448 g/mol. The van der Waals surface area contributed by atoms with Gasteiger partial charge in [0, 0.05) is 6.42 Å². The molecule has 0 bridgehead atoms. The summed E-state index contributed by atoms with van der Waals surface area (Å²) in [5.74, 6) is -5.86. The van der Waals surface area contributed by atoms with Crippen LogP contribution in [0.15, 0.2) is 0 Å². The summed E-state index contributed by atoms with van der Waals surface area (Å²) < 4.78 is 37.4. The minimum Gasteiger partial charge on any atom is -0.466 e. The van der Waals surface area contributed by atoms with Crippen molar-refractivity contribution in [2.24, 2.45) is 0 Å². The molecule has 0 atom stereocenters. The van der Waals surface area contributed by atoms with Crippen LogP contribution in [-0.2, 0) is 19.1 Å². The third-order valence-electron chi connectivity index (χ3n) is 5.43. The van der Waals surface area contributed by atoms with Crippen molar-refractivity contribution in [1.29, 1.82) is 0 Å². The number of unbranched alkanes of at least 4 members (excludes halogenated alkanes) is 14. The number of rotatable bonds is 22. The Labute approximate surface area is 188 Å². The first kappa shape index (κ1) is 29.8. The molecule has 0 heterocycles. The molecule has 0 saturated carbocycles. The molecule has 0 fully saturated rings. The third-order valence-corrected chi connectivity index (χ3v) is 5.43. The lowest BCUT2D eigenvalue weighted by molar-refractivity contribution is -0.174. The van der Waals surface area contributed by atoms with Crippen molar-refractivity contribution in [3.63, 3.8) is 0 Å². The van der Waals surface area contributed by atoms with Crippen molar-refractivity contribution in [2.45, 2.75) is 135 Å². The van der Waals surface area contributed by atoms with Gasteiger partial charge < -0.3 is 9.47 Å². The van der Waals surface area contributed by atoms with Gasteiger partial charge in [-0.15, -0.1) is 0 Å². The van der Waals surface area contributed by atoms with Crippen molar-refractivity contribution >= 4 is 11.9 Å². The number of hydrogen-bond donors (Lipinski definition) is 0. The molecule has 0 aliphatic rings. The average molecular weight is 449 g/mol. The Hall–Kier alpha value is -1.20. The first-order valence-corrected chi connectivity index (χ1v) is 12.6. The number of hydrogen-bond acceptors (Lipinski definition) is 4. The van der Waals surface area contributed by atoms with Gasteiger partial charge in [-0.25, -0.2) is 4.79 Å². The Morgan fingerprint density at radius 3 is 1.45 bits per heavy atom. The largest absolute Gasteiger partial charge is 0.466 e. The molecule has 0 rings (SSSR count). The van der Waals surface area contributed by atoms with Crippen LogP contribution >= 0.6 is 0 Å². The van der Waals surface area contributed by atoms with Crippen LogP contribution in [0.4, 0.5) is 8.78 Å².